The van der Waals surface area contributed by atoms with E-state index in [1.54, 1.807) is 19.1 Å². The van der Waals surface area contributed by atoms with Gasteiger partial charge in [0.15, 0.2) is 0 Å². The molecule has 1 saturated carbocycles. The number of carbonyl (C=O) groups is 2. The van der Waals surface area contributed by atoms with Crippen molar-refractivity contribution in [2.24, 2.45) is 5.92 Å². The summed E-state index contributed by atoms with van der Waals surface area (Å²) in [4.78, 5) is 24.2. The van der Waals surface area contributed by atoms with Crippen molar-refractivity contribution in [3.05, 3.63) is 53.1 Å². The van der Waals surface area contributed by atoms with E-state index in [0.29, 0.717) is 10.7 Å². The monoisotopic (exact) mass is 371 g/mol. The average Bonchev–Trinajstić information content (AvgIpc) is 3.45. The highest BCUT2D eigenvalue weighted by Gasteiger charge is 2.29. The Kier molecular flexibility index (Phi) is 5.47. The van der Waals surface area contributed by atoms with Crippen LogP contribution < -0.4 is 16.0 Å². The maximum absolute atomic E-state index is 12.4. The largest absolute Gasteiger partial charge is 0.374 e. The first-order valence-electron chi connectivity index (χ1n) is 8.67. The fourth-order valence-electron chi connectivity index (χ4n) is 2.53. The first-order chi connectivity index (χ1) is 12.4. The van der Waals surface area contributed by atoms with Gasteiger partial charge in [-0.1, -0.05) is 17.7 Å². The quantitative estimate of drug-likeness (QED) is 0.703. The number of hydrogen-bond acceptors (Lipinski definition) is 3. The van der Waals surface area contributed by atoms with Gasteiger partial charge in [-0.25, -0.2) is 0 Å². The van der Waals surface area contributed by atoms with E-state index in [0.717, 1.165) is 29.8 Å². The number of benzene rings is 2. The fraction of sp³-hybridized carbons (Fsp3) is 0.300. The number of amides is 2. The van der Waals surface area contributed by atoms with Gasteiger partial charge in [0.2, 0.25) is 11.8 Å². The van der Waals surface area contributed by atoms with E-state index in [1.165, 1.54) is 0 Å². The summed E-state index contributed by atoms with van der Waals surface area (Å²) in [6.45, 7) is 3.71. The van der Waals surface area contributed by atoms with E-state index in [2.05, 4.69) is 16.0 Å². The van der Waals surface area contributed by atoms with Gasteiger partial charge in [0, 0.05) is 28.0 Å². The molecule has 1 aliphatic carbocycles. The molecule has 6 heteroatoms. The molecular weight excluding hydrogens is 350 g/mol. The van der Waals surface area contributed by atoms with Crippen molar-refractivity contribution < 1.29 is 9.59 Å². The molecule has 1 fully saturated rings. The lowest BCUT2D eigenvalue weighted by atomic mass is 10.2. The third kappa shape index (κ3) is 4.76. The van der Waals surface area contributed by atoms with Crippen LogP contribution in [0, 0.1) is 12.8 Å². The van der Waals surface area contributed by atoms with E-state index < -0.39 is 6.04 Å². The molecule has 1 aliphatic rings. The molecule has 136 valence electrons. The highest BCUT2D eigenvalue weighted by molar-refractivity contribution is 6.31. The molecular formula is C20H22ClN3O2. The summed E-state index contributed by atoms with van der Waals surface area (Å²) >= 11 is 5.99. The van der Waals surface area contributed by atoms with Gasteiger partial charge < -0.3 is 16.0 Å². The predicted molar refractivity (Wildman–Crippen MR) is 106 cm³/mol. The van der Waals surface area contributed by atoms with Crippen LogP contribution >= 0.6 is 11.6 Å². The van der Waals surface area contributed by atoms with E-state index in [9.17, 15) is 9.59 Å². The van der Waals surface area contributed by atoms with Crippen molar-refractivity contribution in [2.75, 3.05) is 16.0 Å². The molecule has 3 rings (SSSR count). The second kappa shape index (κ2) is 7.79. The molecule has 0 aromatic heterocycles. The Bertz CT molecular complexity index is 816. The number of rotatable bonds is 6. The van der Waals surface area contributed by atoms with Crippen molar-refractivity contribution in [1.82, 2.24) is 0 Å². The maximum Gasteiger partial charge on any atom is 0.246 e. The Morgan fingerprint density at radius 1 is 1.04 bits per heavy atom. The van der Waals surface area contributed by atoms with Crippen LogP contribution in [0.4, 0.5) is 17.1 Å². The Morgan fingerprint density at radius 3 is 2.35 bits per heavy atom. The van der Waals surface area contributed by atoms with Crippen LogP contribution in [0.3, 0.4) is 0 Å². The number of aryl methyl sites for hydroxylation is 1. The van der Waals surface area contributed by atoms with E-state index in [1.807, 2.05) is 37.3 Å². The van der Waals surface area contributed by atoms with Crippen LogP contribution in [0.5, 0.6) is 0 Å². The summed E-state index contributed by atoms with van der Waals surface area (Å²) in [5.41, 5.74) is 3.22. The summed E-state index contributed by atoms with van der Waals surface area (Å²) < 4.78 is 0. The molecule has 0 heterocycles. The van der Waals surface area contributed by atoms with Crippen molar-refractivity contribution in [3.63, 3.8) is 0 Å². The van der Waals surface area contributed by atoms with Gasteiger partial charge >= 0.3 is 0 Å². The zero-order chi connectivity index (χ0) is 18.7. The number of nitrogens with one attached hydrogen (secondary N) is 3. The smallest absolute Gasteiger partial charge is 0.246 e. The average molecular weight is 372 g/mol. The van der Waals surface area contributed by atoms with Crippen LogP contribution in [0.25, 0.3) is 0 Å². The van der Waals surface area contributed by atoms with E-state index in [-0.39, 0.29) is 17.7 Å². The first-order valence-corrected chi connectivity index (χ1v) is 9.04. The topological polar surface area (TPSA) is 70.2 Å². The molecule has 2 amide bonds. The number of anilines is 3. The second-order valence-corrected chi connectivity index (χ2v) is 7.09. The molecule has 5 nitrogen and oxygen atoms in total. The number of halogens is 1. The molecule has 2 aromatic rings. The minimum atomic E-state index is -0.430. The van der Waals surface area contributed by atoms with Gasteiger partial charge in [0.05, 0.1) is 0 Å². The molecule has 2 aromatic carbocycles. The predicted octanol–water partition coefficient (Wildman–Crippen LogP) is 4.44. The Morgan fingerprint density at radius 2 is 1.69 bits per heavy atom. The third-order valence-electron chi connectivity index (χ3n) is 4.33. The molecule has 0 unspecified atom stereocenters. The van der Waals surface area contributed by atoms with Crippen molar-refractivity contribution in [3.8, 4) is 0 Å². The number of hydrogen-bond donors (Lipinski definition) is 3. The van der Waals surface area contributed by atoms with Gasteiger partial charge in [-0.05, 0) is 68.7 Å². The summed E-state index contributed by atoms with van der Waals surface area (Å²) in [6, 6.07) is 12.3. The normalized spacial score (nSPS) is 14.4. The Balaban J connectivity index is 1.56. The third-order valence-corrected chi connectivity index (χ3v) is 4.57. The van der Waals surface area contributed by atoms with Gasteiger partial charge in [0.25, 0.3) is 0 Å². The molecule has 0 radical (unpaired) electrons. The fourth-order valence-corrected chi connectivity index (χ4v) is 2.70. The summed E-state index contributed by atoms with van der Waals surface area (Å²) in [5, 5.41) is 9.51. The lowest BCUT2D eigenvalue weighted by Crippen LogP contribution is -2.32. The number of carbonyl (C=O) groups excluding carboxylic acids is 2. The van der Waals surface area contributed by atoms with Gasteiger partial charge in [-0.15, -0.1) is 0 Å². The van der Waals surface area contributed by atoms with Crippen LogP contribution in [-0.4, -0.2) is 17.9 Å². The van der Waals surface area contributed by atoms with Gasteiger partial charge in [-0.2, -0.15) is 0 Å². The van der Waals surface area contributed by atoms with Crippen LogP contribution in [0.2, 0.25) is 5.02 Å². The molecule has 0 aliphatic heterocycles. The zero-order valence-electron chi connectivity index (χ0n) is 14.8. The minimum absolute atomic E-state index is 0.0790. The van der Waals surface area contributed by atoms with Crippen molar-refractivity contribution >= 4 is 40.5 Å². The zero-order valence-corrected chi connectivity index (χ0v) is 15.6. The standard InChI is InChI=1S/C20H22ClN3O2/c1-12-3-6-15(21)11-18(12)24-19(25)13(2)22-16-7-9-17(10-8-16)23-20(26)14-4-5-14/h3,6-11,13-14,22H,4-5H2,1-2H3,(H,23,26)(H,24,25)/t13-/m0/s1. The van der Waals surface area contributed by atoms with E-state index >= 15 is 0 Å². The Labute approximate surface area is 158 Å². The van der Waals surface area contributed by atoms with Gasteiger partial charge in [0.1, 0.15) is 6.04 Å². The van der Waals surface area contributed by atoms with Crippen LogP contribution in [0.1, 0.15) is 25.3 Å². The molecule has 1 atom stereocenters. The van der Waals surface area contributed by atoms with E-state index in [4.69, 9.17) is 11.6 Å². The molecule has 0 bridgehead atoms. The second-order valence-electron chi connectivity index (χ2n) is 6.66. The minimum Gasteiger partial charge on any atom is -0.374 e. The highest BCUT2D eigenvalue weighted by atomic mass is 35.5. The van der Waals surface area contributed by atoms with Crippen molar-refractivity contribution in [2.45, 2.75) is 32.7 Å². The summed E-state index contributed by atoms with van der Waals surface area (Å²) in [5.74, 6) is 0.100. The summed E-state index contributed by atoms with van der Waals surface area (Å²) in [6.07, 6.45) is 1.95. The first kappa shape index (κ1) is 18.3. The van der Waals surface area contributed by atoms with Gasteiger partial charge in [-0.3, -0.25) is 9.59 Å². The van der Waals surface area contributed by atoms with Crippen LogP contribution in [0.15, 0.2) is 42.5 Å². The molecule has 0 saturated heterocycles. The molecule has 26 heavy (non-hydrogen) atoms. The Hall–Kier alpha value is -2.53. The summed E-state index contributed by atoms with van der Waals surface area (Å²) in [7, 11) is 0. The highest BCUT2D eigenvalue weighted by Crippen LogP contribution is 2.30. The lowest BCUT2D eigenvalue weighted by molar-refractivity contribution is -0.117. The molecule has 0 spiro atoms. The maximum atomic E-state index is 12.4. The van der Waals surface area contributed by atoms with Crippen LogP contribution in [-0.2, 0) is 9.59 Å². The molecule has 3 N–H and O–H groups in total. The SMILES string of the molecule is Cc1ccc(Cl)cc1NC(=O)[C@H](C)Nc1ccc(NC(=O)C2CC2)cc1. The van der Waals surface area contributed by atoms with Crippen molar-refractivity contribution in [1.29, 1.82) is 0 Å². The lowest BCUT2D eigenvalue weighted by Gasteiger charge is -2.17.